The molecule has 2 rings (SSSR count). The van der Waals surface area contributed by atoms with Gasteiger partial charge in [-0.2, -0.15) is 5.10 Å². The third-order valence-corrected chi connectivity index (χ3v) is 2.94. The van der Waals surface area contributed by atoms with E-state index in [0.717, 1.165) is 12.1 Å². The Bertz CT molecular complexity index is 472. The molecule has 1 aliphatic rings. The molecule has 0 radical (unpaired) electrons. The van der Waals surface area contributed by atoms with Gasteiger partial charge in [-0.15, -0.1) is 5.10 Å². The molecule has 1 aromatic rings. The van der Waals surface area contributed by atoms with E-state index in [-0.39, 0.29) is 0 Å². The van der Waals surface area contributed by atoms with Crippen LogP contribution in [-0.4, -0.2) is 11.5 Å². The Morgan fingerprint density at radius 2 is 2.00 bits per heavy atom. The molecule has 1 aromatic carbocycles. The monoisotopic (exact) mass is 215 g/mol. The van der Waals surface area contributed by atoms with Crippen LogP contribution >= 0.6 is 0 Å². The summed E-state index contributed by atoms with van der Waals surface area (Å²) in [6, 6.07) is 6.41. The predicted molar refractivity (Wildman–Crippen MR) is 67.9 cm³/mol. The van der Waals surface area contributed by atoms with Crippen molar-refractivity contribution in [3.8, 4) is 0 Å². The minimum Gasteiger partial charge on any atom is -0.386 e. The molecular formula is C13H17N3. The molecule has 0 aromatic heterocycles. The molecule has 2 N–H and O–H groups in total. The average molecular weight is 215 g/mol. The van der Waals surface area contributed by atoms with E-state index in [2.05, 4.69) is 49.2 Å². The van der Waals surface area contributed by atoms with Crippen LogP contribution in [0.3, 0.4) is 0 Å². The fourth-order valence-corrected chi connectivity index (χ4v) is 2.00. The van der Waals surface area contributed by atoms with Gasteiger partial charge in [0.25, 0.3) is 0 Å². The zero-order chi connectivity index (χ0) is 11.7. The second-order valence-electron chi connectivity index (χ2n) is 4.50. The highest BCUT2D eigenvalue weighted by Gasteiger charge is 2.19. The molecule has 1 aliphatic heterocycles. The van der Waals surface area contributed by atoms with E-state index in [1.54, 1.807) is 0 Å². The molecule has 1 atom stereocenters. The van der Waals surface area contributed by atoms with Gasteiger partial charge in [0, 0.05) is 17.9 Å². The molecule has 3 nitrogen and oxygen atoms in total. The van der Waals surface area contributed by atoms with Crippen LogP contribution in [0, 0.1) is 19.8 Å². The Morgan fingerprint density at radius 1 is 1.25 bits per heavy atom. The van der Waals surface area contributed by atoms with Gasteiger partial charge in [-0.3, -0.25) is 0 Å². The van der Waals surface area contributed by atoms with Crippen LogP contribution in [0.15, 0.2) is 28.4 Å². The maximum atomic E-state index is 5.68. The molecule has 0 saturated heterocycles. The lowest BCUT2D eigenvalue weighted by atomic mass is 9.91. The van der Waals surface area contributed by atoms with E-state index in [0.29, 0.717) is 11.8 Å². The first-order valence-electron chi connectivity index (χ1n) is 5.55. The van der Waals surface area contributed by atoms with Crippen molar-refractivity contribution in [2.75, 3.05) is 0 Å². The number of hydrogen-bond donors (Lipinski definition) is 1. The van der Waals surface area contributed by atoms with E-state index in [4.69, 9.17) is 5.73 Å². The summed E-state index contributed by atoms with van der Waals surface area (Å²) in [4.78, 5) is 0. The normalized spacial score (nSPS) is 20.3. The molecule has 84 valence electrons. The molecular weight excluding hydrogens is 198 g/mol. The van der Waals surface area contributed by atoms with Crippen molar-refractivity contribution >= 4 is 11.5 Å². The van der Waals surface area contributed by atoms with E-state index in [9.17, 15) is 0 Å². The average Bonchev–Trinajstić information content (AvgIpc) is 2.22. The van der Waals surface area contributed by atoms with E-state index < -0.39 is 0 Å². The van der Waals surface area contributed by atoms with Crippen molar-refractivity contribution in [1.82, 2.24) is 0 Å². The Hall–Kier alpha value is -1.64. The topological polar surface area (TPSA) is 50.7 Å². The summed E-state index contributed by atoms with van der Waals surface area (Å²) in [5, 5.41) is 8.23. The smallest absolute Gasteiger partial charge is 0.123 e. The molecule has 3 heteroatoms. The zero-order valence-electron chi connectivity index (χ0n) is 9.99. The molecule has 0 spiro atoms. The van der Waals surface area contributed by atoms with Gasteiger partial charge in [0.2, 0.25) is 0 Å². The minimum atomic E-state index is 0.345. The quantitative estimate of drug-likeness (QED) is 0.768. The van der Waals surface area contributed by atoms with Crippen molar-refractivity contribution in [1.29, 1.82) is 0 Å². The highest BCUT2D eigenvalue weighted by molar-refractivity contribution is 6.06. The molecule has 1 unspecified atom stereocenters. The summed E-state index contributed by atoms with van der Waals surface area (Å²) in [7, 11) is 0. The maximum Gasteiger partial charge on any atom is 0.123 e. The van der Waals surface area contributed by atoms with Gasteiger partial charge in [-0.05, 0) is 25.5 Å². The SMILES string of the molecule is Cc1ccc(C)c(C2=NN=C(N)CC2C)c1. The highest BCUT2D eigenvalue weighted by atomic mass is 15.2. The number of rotatable bonds is 1. The van der Waals surface area contributed by atoms with Crippen LogP contribution < -0.4 is 5.73 Å². The van der Waals surface area contributed by atoms with Crippen LogP contribution in [0.2, 0.25) is 0 Å². The summed E-state index contributed by atoms with van der Waals surface area (Å²) in [5.74, 6) is 0.972. The first kappa shape index (κ1) is 10.9. The summed E-state index contributed by atoms with van der Waals surface area (Å²) >= 11 is 0. The highest BCUT2D eigenvalue weighted by Crippen LogP contribution is 2.21. The molecule has 0 bridgehead atoms. The number of aryl methyl sites for hydroxylation is 2. The van der Waals surface area contributed by atoms with Crippen LogP contribution in [-0.2, 0) is 0 Å². The first-order valence-corrected chi connectivity index (χ1v) is 5.55. The van der Waals surface area contributed by atoms with Gasteiger partial charge < -0.3 is 5.73 Å². The Kier molecular flexibility index (Phi) is 2.77. The molecule has 0 fully saturated rings. The lowest BCUT2D eigenvalue weighted by Gasteiger charge is -2.19. The van der Waals surface area contributed by atoms with E-state index in [1.165, 1.54) is 16.7 Å². The first-order chi connectivity index (χ1) is 7.58. The van der Waals surface area contributed by atoms with Crippen LogP contribution in [0.25, 0.3) is 0 Å². The van der Waals surface area contributed by atoms with Crippen molar-refractivity contribution < 1.29 is 0 Å². The molecule has 0 amide bonds. The summed E-state index contributed by atoms with van der Waals surface area (Å²) in [5.41, 5.74) is 10.4. The third kappa shape index (κ3) is 1.98. The molecule has 16 heavy (non-hydrogen) atoms. The van der Waals surface area contributed by atoms with Crippen molar-refractivity contribution in [2.24, 2.45) is 21.9 Å². The molecule has 1 heterocycles. The summed E-state index contributed by atoms with van der Waals surface area (Å²) in [6.07, 6.45) is 0.798. The Balaban J connectivity index is 2.48. The van der Waals surface area contributed by atoms with Gasteiger partial charge in [-0.1, -0.05) is 24.6 Å². The maximum absolute atomic E-state index is 5.68. The Morgan fingerprint density at radius 3 is 2.69 bits per heavy atom. The lowest BCUT2D eigenvalue weighted by Crippen LogP contribution is -2.25. The Labute approximate surface area is 96.1 Å². The number of amidine groups is 1. The molecule has 0 aliphatic carbocycles. The van der Waals surface area contributed by atoms with Gasteiger partial charge in [-0.25, -0.2) is 0 Å². The van der Waals surface area contributed by atoms with Crippen LogP contribution in [0.5, 0.6) is 0 Å². The molecule has 0 saturated carbocycles. The minimum absolute atomic E-state index is 0.345. The number of hydrogen-bond acceptors (Lipinski definition) is 3. The third-order valence-electron chi connectivity index (χ3n) is 2.94. The second-order valence-corrected chi connectivity index (χ2v) is 4.50. The number of nitrogens with zero attached hydrogens (tertiary/aromatic N) is 2. The predicted octanol–water partition coefficient (Wildman–Crippen LogP) is 2.40. The fraction of sp³-hybridized carbons (Fsp3) is 0.385. The largest absolute Gasteiger partial charge is 0.386 e. The number of benzene rings is 1. The van der Waals surface area contributed by atoms with Gasteiger partial charge in [0.05, 0.1) is 5.71 Å². The van der Waals surface area contributed by atoms with Crippen LogP contribution in [0.1, 0.15) is 30.0 Å². The van der Waals surface area contributed by atoms with Gasteiger partial charge >= 0.3 is 0 Å². The number of nitrogens with two attached hydrogens (primary N) is 1. The summed E-state index contributed by atoms with van der Waals surface area (Å²) < 4.78 is 0. The zero-order valence-corrected chi connectivity index (χ0v) is 9.99. The van der Waals surface area contributed by atoms with Crippen molar-refractivity contribution in [2.45, 2.75) is 27.2 Å². The standard InChI is InChI=1S/C13H17N3/c1-8-4-5-9(2)11(6-8)13-10(3)7-12(14)15-16-13/h4-6,10H,7H2,1-3H3,(H2,14,15). The van der Waals surface area contributed by atoms with Crippen molar-refractivity contribution in [3.63, 3.8) is 0 Å². The van der Waals surface area contributed by atoms with E-state index in [1.807, 2.05) is 0 Å². The fourth-order valence-electron chi connectivity index (χ4n) is 2.00. The second kappa shape index (κ2) is 4.08. The summed E-state index contributed by atoms with van der Waals surface area (Å²) in [6.45, 7) is 6.34. The van der Waals surface area contributed by atoms with Gasteiger partial charge in [0.15, 0.2) is 0 Å². The van der Waals surface area contributed by atoms with Gasteiger partial charge in [0.1, 0.15) is 5.84 Å². The van der Waals surface area contributed by atoms with Crippen LogP contribution in [0.4, 0.5) is 0 Å². The lowest BCUT2D eigenvalue weighted by molar-refractivity contribution is 0.783. The van der Waals surface area contributed by atoms with Crippen molar-refractivity contribution in [3.05, 3.63) is 34.9 Å². The van der Waals surface area contributed by atoms with E-state index >= 15 is 0 Å².